The van der Waals surface area contributed by atoms with Crippen LogP contribution in [0.5, 0.6) is 11.5 Å². The van der Waals surface area contributed by atoms with Gasteiger partial charge in [0.2, 0.25) is 0 Å². The van der Waals surface area contributed by atoms with E-state index in [0.717, 1.165) is 30.2 Å². The molecule has 0 radical (unpaired) electrons. The standard InChI is InChI=1S/C14H23NO2/c1-5-17-13-7-6-12(10-14(13)16-4)15-9-8-11(2)3/h6-7,10-11,15H,5,8-9H2,1-4H3. The van der Waals surface area contributed by atoms with Crippen LogP contribution in [0, 0.1) is 5.92 Å². The molecule has 0 fully saturated rings. The molecular weight excluding hydrogens is 214 g/mol. The molecule has 0 saturated heterocycles. The topological polar surface area (TPSA) is 30.5 Å². The fraction of sp³-hybridized carbons (Fsp3) is 0.571. The predicted octanol–water partition coefficient (Wildman–Crippen LogP) is 3.55. The molecule has 0 aliphatic rings. The summed E-state index contributed by atoms with van der Waals surface area (Å²) < 4.78 is 10.8. The summed E-state index contributed by atoms with van der Waals surface area (Å²) in [5.41, 5.74) is 1.07. The summed E-state index contributed by atoms with van der Waals surface area (Å²) >= 11 is 0. The van der Waals surface area contributed by atoms with Crippen LogP contribution in [0.2, 0.25) is 0 Å². The minimum Gasteiger partial charge on any atom is -0.493 e. The van der Waals surface area contributed by atoms with Crippen LogP contribution in [0.25, 0.3) is 0 Å². The quantitative estimate of drug-likeness (QED) is 0.786. The Morgan fingerprint density at radius 2 is 2.00 bits per heavy atom. The third-order valence-electron chi connectivity index (χ3n) is 2.51. The third kappa shape index (κ3) is 4.55. The molecule has 0 bridgehead atoms. The van der Waals surface area contributed by atoms with Crippen LogP contribution in [0.1, 0.15) is 27.2 Å². The first-order chi connectivity index (χ1) is 8.17. The first-order valence-corrected chi connectivity index (χ1v) is 6.22. The van der Waals surface area contributed by atoms with E-state index >= 15 is 0 Å². The second kappa shape index (κ2) is 7.05. The number of anilines is 1. The highest BCUT2D eigenvalue weighted by Gasteiger charge is 2.04. The minimum atomic E-state index is 0.649. The Bertz CT molecular complexity index is 337. The number of methoxy groups -OCH3 is 1. The summed E-state index contributed by atoms with van der Waals surface area (Å²) in [6, 6.07) is 5.94. The van der Waals surface area contributed by atoms with Gasteiger partial charge in [0.05, 0.1) is 13.7 Å². The zero-order chi connectivity index (χ0) is 12.7. The zero-order valence-corrected chi connectivity index (χ0v) is 11.2. The molecule has 0 atom stereocenters. The van der Waals surface area contributed by atoms with E-state index in [4.69, 9.17) is 9.47 Å². The molecule has 0 aliphatic carbocycles. The van der Waals surface area contributed by atoms with E-state index in [1.807, 2.05) is 25.1 Å². The van der Waals surface area contributed by atoms with Gasteiger partial charge in [-0.05, 0) is 31.4 Å². The number of benzene rings is 1. The van der Waals surface area contributed by atoms with E-state index in [0.29, 0.717) is 12.5 Å². The number of nitrogens with one attached hydrogen (secondary N) is 1. The van der Waals surface area contributed by atoms with Gasteiger partial charge in [-0.2, -0.15) is 0 Å². The van der Waals surface area contributed by atoms with Crippen LogP contribution < -0.4 is 14.8 Å². The summed E-state index contributed by atoms with van der Waals surface area (Å²) in [5.74, 6) is 2.29. The second-order valence-electron chi connectivity index (χ2n) is 4.41. The van der Waals surface area contributed by atoms with E-state index in [1.54, 1.807) is 7.11 Å². The van der Waals surface area contributed by atoms with Crippen LogP contribution in [0.15, 0.2) is 18.2 Å². The summed E-state index contributed by atoms with van der Waals surface area (Å²) in [4.78, 5) is 0. The van der Waals surface area contributed by atoms with Crippen molar-refractivity contribution in [2.45, 2.75) is 27.2 Å². The van der Waals surface area contributed by atoms with Gasteiger partial charge in [-0.25, -0.2) is 0 Å². The van der Waals surface area contributed by atoms with Gasteiger partial charge in [-0.1, -0.05) is 13.8 Å². The molecule has 1 rings (SSSR count). The van der Waals surface area contributed by atoms with Crippen molar-refractivity contribution in [1.29, 1.82) is 0 Å². The maximum atomic E-state index is 5.47. The average molecular weight is 237 g/mol. The first kappa shape index (κ1) is 13.7. The van der Waals surface area contributed by atoms with Crippen molar-refractivity contribution < 1.29 is 9.47 Å². The first-order valence-electron chi connectivity index (χ1n) is 6.22. The normalized spacial score (nSPS) is 10.4. The summed E-state index contributed by atoms with van der Waals surface area (Å²) in [6.45, 7) is 8.04. The molecule has 0 amide bonds. The van der Waals surface area contributed by atoms with Crippen LogP contribution >= 0.6 is 0 Å². The molecule has 0 unspecified atom stereocenters. The number of hydrogen-bond donors (Lipinski definition) is 1. The highest BCUT2D eigenvalue weighted by molar-refractivity contribution is 5.54. The van der Waals surface area contributed by atoms with Gasteiger partial charge >= 0.3 is 0 Å². The Morgan fingerprint density at radius 1 is 1.24 bits per heavy atom. The van der Waals surface area contributed by atoms with Crippen LogP contribution in [-0.2, 0) is 0 Å². The second-order valence-corrected chi connectivity index (χ2v) is 4.41. The van der Waals surface area contributed by atoms with Crippen molar-refractivity contribution >= 4 is 5.69 Å². The lowest BCUT2D eigenvalue weighted by molar-refractivity contribution is 0.311. The molecule has 0 spiro atoms. The van der Waals surface area contributed by atoms with Gasteiger partial charge in [0.1, 0.15) is 0 Å². The van der Waals surface area contributed by atoms with Crippen molar-refractivity contribution in [2.24, 2.45) is 5.92 Å². The smallest absolute Gasteiger partial charge is 0.162 e. The number of hydrogen-bond acceptors (Lipinski definition) is 3. The molecule has 17 heavy (non-hydrogen) atoms. The minimum absolute atomic E-state index is 0.649. The molecule has 0 saturated carbocycles. The molecule has 3 heteroatoms. The van der Waals surface area contributed by atoms with Crippen molar-refractivity contribution in [3.63, 3.8) is 0 Å². The van der Waals surface area contributed by atoms with E-state index in [1.165, 1.54) is 0 Å². The summed E-state index contributed by atoms with van der Waals surface area (Å²) in [6.07, 6.45) is 1.16. The van der Waals surface area contributed by atoms with Crippen molar-refractivity contribution in [3.05, 3.63) is 18.2 Å². The van der Waals surface area contributed by atoms with E-state index in [2.05, 4.69) is 19.2 Å². The summed E-state index contributed by atoms with van der Waals surface area (Å²) in [5, 5.41) is 3.38. The van der Waals surface area contributed by atoms with E-state index in [9.17, 15) is 0 Å². The van der Waals surface area contributed by atoms with Crippen molar-refractivity contribution in [3.8, 4) is 11.5 Å². The number of rotatable bonds is 7. The Balaban J connectivity index is 2.62. The molecule has 96 valence electrons. The SMILES string of the molecule is CCOc1ccc(NCCC(C)C)cc1OC. The van der Waals surface area contributed by atoms with Crippen LogP contribution in [0.3, 0.4) is 0 Å². The van der Waals surface area contributed by atoms with Gasteiger partial charge in [-0.3, -0.25) is 0 Å². The highest BCUT2D eigenvalue weighted by atomic mass is 16.5. The maximum Gasteiger partial charge on any atom is 0.162 e. The fourth-order valence-electron chi connectivity index (χ4n) is 1.56. The molecule has 1 aromatic carbocycles. The Labute approximate surface area is 104 Å². The molecule has 0 heterocycles. The molecule has 1 N–H and O–H groups in total. The lowest BCUT2D eigenvalue weighted by atomic mass is 10.1. The van der Waals surface area contributed by atoms with Crippen molar-refractivity contribution in [1.82, 2.24) is 0 Å². The van der Waals surface area contributed by atoms with Gasteiger partial charge in [0.25, 0.3) is 0 Å². The monoisotopic (exact) mass is 237 g/mol. The van der Waals surface area contributed by atoms with Crippen molar-refractivity contribution in [2.75, 3.05) is 25.6 Å². The van der Waals surface area contributed by atoms with Crippen LogP contribution in [-0.4, -0.2) is 20.3 Å². The molecule has 1 aromatic rings. The largest absolute Gasteiger partial charge is 0.493 e. The average Bonchev–Trinajstić information content (AvgIpc) is 2.30. The Kier molecular flexibility index (Phi) is 5.67. The molecule has 3 nitrogen and oxygen atoms in total. The fourth-order valence-corrected chi connectivity index (χ4v) is 1.56. The molecule has 0 aromatic heterocycles. The number of ether oxygens (including phenoxy) is 2. The molecule has 0 aliphatic heterocycles. The maximum absolute atomic E-state index is 5.47. The van der Waals surface area contributed by atoms with E-state index in [-0.39, 0.29) is 0 Å². The predicted molar refractivity (Wildman–Crippen MR) is 72.1 cm³/mol. The Morgan fingerprint density at radius 3 is 2.59 bits per heavy atom. The van der Waals surface area contributed by atoms with Gasteiger partial charge in [0.15, 0.2) is 11.5 Å². The highest BCUT2D eigenvalue weighted by Crippen LogP contribution is 2.30. The zero-order valence-electron chi connectivity index (χ0n) is 11.2. The van der Waals surface area contributed by atoms with Gasteiger partial charge in [-0.15, -0.1) is 0 Å². The van der Waals surface area contributed by atoms with E-state index < -0.39 is 0 Å². The van der Waals surface area contributed by atoms with Gasteiger partial charge in [0, 0.05) is 18.3 Å². The van der Waals surface area contributed by atoms with Gasteiger partial charge < -0.3 is 14.8 Å². The van der Waals surface area contributed by atoms with Crippen LogP contribution in [0.4, 0.5) is 5.69 Å². The lowest BCUT2D eigenvalue weighted by Gasteiger charge is -2.12. The molecular formula is C14H23NO2. The third-order valence-corrected chi connectivity index (χ3v) is 2.51. The summed E-state index contributed by atoms with van der Waals surface area (Å²) in [7, 11) is 1.66. The lowest BCUT2D eigenvalue weighted by Crippen LogP contribution is -2.05. The Hall–Kier alpha value is -1.38.